The van der Waals surface area contributed by atoms with Crippen LogP contribution in [-0.4, -0.2) is 19.6 Å². The zero-order valence-electron chi connectivity index (χ0n) is 17.3. The third kappa shape index (κ3) is 8.12. The van der Waals surface area contributed by atoms with Gasteiger partial charge < -0.3 is 4.84 Å². The number of nitrogens with one attached hydrogen (secondary N) is 1. The quantitative estimate of drug-likeness (QED) is 0.276. The van der Waals surface area contributed by atoms with Crippen molar-refractivity contribution in [2.24, 2.45) is 5.16 Å². The van der Waals surface area contributed by atoms with E-state index in [0.717, 1.165) is 20.1 Å². The van der Waals surface area contributed by atoms with Crippen molar-refractivity contribution >= 4 is 53.3 Å². The number of hydrogen-bond donors (Lipinski definition) is 1. The van der Waals surface area contributed by atoms with Crippen molar-refractivity contribution in [3.05, 3.63) is 62.0 Å². The second kappa shape index (κ2) is 11.9. The molecule has 0 unspecified atom stereocenters. The molecule has 0 bridgehead atoms. The van der Waals surface area contributed by atoms with Gasteiger partial charge in [-0.05, 0) is 49.2 Å². The van der Waals surface area contributed by atoms with E-state index in [1.165, 1.54) is 12.1 Å². The highest BCUT2D eigenvalue weighted by atomic mass is 79.9. The van der Waals surface area contributed by atoms with E-state index in [1.54, 1.807) is 24.6 Å². The lowest BCUT2D eigenvalue weighted by molar-refractivity contribution is -0.0429. The van der Waals surface area contributed by atoms with Crippen LogP contribution in [0.15, 0.2) is 50.5 Å². The molecule has 1 N–H and O–H groups in total. The van der Waals surface area contributed by atoms with Gasteiger partial charge in [0.15, 0.2) is 0 Å². The van der Waals surface area contributed by atoms with Gasteiger partial charge in [-0.2, -0.15) is 21.6 Å². The molecule has 172 valence electrons. The zero-order valence-corrected chi connectivity index (χ0v) is 21.3. The molecule has 0 radical (unpaired) electrons. The van der Waals surface area contributed by atoms with Crippen LogP contribution in [0.25, 0.3) is 0 Å². The average molecular weight is 588 g/mol. The normalized spacial score (nSPS) is 12.1. The van der Waals surface area contributed by atoms with Crippen molar-refractivity contribution < 1.29 is 26.4 Å². The third-order valence-electron chi connectivity index (χ3n) is 3.70. The number of oxime groups is 1. The van der Waals surface area contributed by atoms with Crippen LogP contribution >= 0.6 is 31.9 Å². The molecule has 0 aromatic heterocycles. The largest absolute Gasteiger partial charge is 0.516 e. The average Bonchev–Trinajstić information content (AvgIpc) is 2.67. The van der Waals surface area contributed by atoms with Gasteiger partial charge in [-0.3, -0.25) is 4.72 Å². The summed E-state index contributed by atoms with van der Waals surface area (Å²) >= 11 is 6.73. The van der Waals surface area contributed by atoms with Gasteiger partial charge in [0.2, 0.25) is 0 Å². The topological polar surface area (TPSA) is 67.8 Å². The predicted molar refractivity (Wildman–Crippen MR) is 125 cm³/mol. The van der Waals surface area contributed by atoms with Gasteiger partial charge >= 0.3 is 15.5 Å². The van der Waals surface area contributed by atoms with E-state index in [1.807, 2.05) is 32.0 Å². The van der Waals surface area contributed by atoms with E-state index < -0.39 is 15.5 Å². The van der Waals surface area contributed by atoms with Crippen LogP contribution in [0.1, 0.15) is 43.9 Å². The number of halogens is 5. The van der Waals surface area contributed by atoms with Gasteiger partial charge in [-0.15, -0.1) is 0 Å². The highest BCUT2D eigenvalue weighted by molar-refractivity contribution is 9.11. The Morgan fingerprint density at radius 3 is 2.19 bits per heavy atom. The lowest BCUT2D eigenvalue weighted by Gasteiger charge is -2.15. The van der Waals surface area contributed by atoms with Crippen LogP contribution < -0.4 is 4.72 Å². The fourth-order valence-electron chi connectivity index (χ4n) is 2.37. The molecule has 11 heteroatoms. The van der Waals surface area contributed by atoms with Crippen molar-refractivity contribution in [1.29, 1.82) is 0 Å². The zero-order chi connectivity index (χ0) is 23.8. The summed E-state index contributed by atoms with van der Waals surface area (Å²) in [5.41, 5.74) is -3.58. The van der Waals surface area contributed by atoms with Crippen molar-refractivity contribution in [2.75, 3.05) is 4.72 Å². The summed E-state index contributed by atoms with van der Waals surface area (Å²) in [7, 11) is -5.56. The first-order valence-electron chi connectivity index (χ1n) is 9.27. The van der Waals surface area contributed by atoms with Crippen LogP contribution in [0.2, 0.25) is 0 Å². The summed E-state index contributed by atoms with van der Waals surface area (Å²) in [6.45, 7) is 7.60. The molecule has 0 saturated heterocycles. The Hall–Kier alpha value is -1.59. The van der Waals surface area contributed by atoms with Gasteiger partial charge in [0.25, 0.3) is 0 Å². The maximum absolute atomic E-state index is 12.8. The van der Waals surface area contributed by atoms with E-state index in [9.17, 15) is 21.6 Å². The van der Waals surface area contributed by atoms with Crippen LogP contribution in [-0.2, 0) is 21.5 Å². The highest BCUT2D eigenvalue weighted by Crippen LogP contribution is 2.28. The summed E-state index contributed by atoms with van der Waals surface area (Å²) in [5, 5.41) is 4.03. The summed E-state index contributed by atoms with van der Waals surface area (Å²) in [6.07, 6.45) is 0.312. The summed E-state index contributed by atoms with van der Waals surface area (Å²) < 4.78 is 64.6. The fourth-order valence-corrected chi connectivity index (χ4v) is 4.34. The molecule has 0 heterocycles. The number of hydrogen-bond acceptors (Lipinski definition) is 4. The van der Waals surface area contributed by atoms with E-state index in [-0.39, 0.29) is 17.9 Å². The van der Waals surface area contributed by atoms with Crippen LogP contribution in [0.3, 0.4) is 0 Å². The Balaban J connectivity index is 0.00000233. The van der Waals surface area contributed by atoms with Crippen LogP contribution in [0.4, 0.5) is 18.9 Å². The van der Waals surface area contributed by atoms with Gasteiger partial charge in [0.1, 0.15) is 6.61 Å². The molecule has 0 saturated carbocycles. The van der Waals surface area contributed by atoms with Gasteiger partial charge in [0, 0.05) is 14.5 Å². The van der Waals surface area contributed by atoms with E-state index >= 15 is 0 Å². The molecule has 0 fully saturated rings. The molecule has 0 spiro atoms. The highest BCUT2D eigenvalue weighted by Gasteiger charge is 2.46. The monoisotopic (exact) mass is 586 g/mol. The minimum Gasteiger partial charge on any atom is -0.391 e. The third-order valence-corrected chi connectivity index (χ3v) is 5.71. The smallest absolute Gasteiger partial charge is 0.391 e. The molecule has 2 rings (SSSR count). The van der Waals surface area contributed by atoms with Crippen LogP contribution in [0, 0.1) is 6.92 Å². The van der Waals surface area contributed by atoms with Gasteiger partial charge in [-0.25, -0.2) is 0 Å². The first-order chi connectivity index (χ1) is 14.4. The summed E-state index contributed by atoms with van der Waals surface area (Å²) in [5.74, 6) is 0. The number of benzene rings is 2. The minimum atomic E-state index is -5.56. The second-order valence-corrected chi connectivity index (χ2v) is 9.55. The SMILES string of the molecule is CC.CC/C(=N\OCc1cc(Br)cc(Br)c1)c1cc(C)ccc1NS(=O)(=O)C(F)(F)F. The molecule has 0 aliphatic carbocycles. The van der Waals surface area contributed by atoms with E-state index in [0.29, 0.717) is 12.1 Å². The number of anilines is 1. The molecule has 0 aliphatic rings. The Kier molecular flexibility index (Phi) is 10.5. The van der Waals surface area contributed by atoms with Crippen molar-refractivity contribution in [3.8, 4) is 0 Å². The van der Waals surface area contributed by atoms with Crippen molar-refractivity contribution in [3.63, 3.8) is 0 Å². The molecule has 5 nitrogen and oxygen atoms in total. The maximum Gasteiger partial charge on any atom is 0.516 e. The number of rotatable bonds is 7. The van der Waals surface area contributed by atoms with Gasteiger partial charge in [0.05, 0.1) is 11.4 Å². The molecule has 0 aliphatic heterocycles. The summed E-state index contributed by atoms with van der Waals surface area (Å²) in [6, 6.07) is 9.85. The van der Waals surface area contributed by atoms with E-state index in [2.05, 4.69) is 37.0 Å². The number of nitrogens with zero attached hydrogens (tertiary/aromatic N) is 1. The second-order valence-electron chi connectivity index (χ2n) is 6.04. The van der Waals surface area contributed by atoms with E-state index in [4.69, 9.17) is 4.84 Å². The Morgan fingerprint density at radius 1 is 1.10 bits per heavy atom. The molecule has 0 atom stereocenters. The number of alkyl halides is 3. The molecule has 0 amide bonds. The fraction of sp³-hybridized carbons (Fsp3) is 0.350. The Bertz CT molecular complexity index is 1010. The molecular weight excluding hydrogens is 565 g/mol. The minimum absolute atomic E-state index is 0.122. The lowest BCUT2D eigenvalue weighted by atomic mass is 10.0. The standard InChI is InChI=1S/C18H17Br2F3N2O3S.C2H6/c1-3-16(24-28-10-12-7-13(19)9-14(20)8-12)15-6-11(2)4-5-17(15)25-29(26,27)18(21,22)23;1-2/h4-9,25H,3,10H2,1-2H3;1-2H3/b24-16+;. The van der Waals surface area contributed by atoms with Crippen molar-refractivity contribution in [1.82, 2.24) is 0 Å². The first-order valence-corrected chi connectivity index (χ1v) is 12.3. The number of aryl methyl sites for hydroxylation is 1. The Labute approximate surface area is 197 Å². The van der Waals surface area contributed by atoms with Crippen molar-refractivity contribution in [2.45, 2.75) is 46.2 Å². The molecular formula is C20H23Br2F3N2O3S. The lowest BCUT2D eigenvalue weighted by Crippen LogP contribution is -2.30. The Morgan fingerprint density at radius 2 is 1.68 bits per heavy atom. The molecule has 31 heavy (non-hydrogen) atoms. The van der Waals surface area contributed by atoms with Crippen LogP contribution in [0.5, 0.6) is 0 Å². The maximum atomic E-state index is 12.8. The van der Waals surface area contributed by atoms with Gasteiger partial charge in [-0.1, -0.05) is 69.4 Å². The summed E-state index contributed by atoms with van der Waals surface area (Å²) in [4.78, 5) is 5.38. The molecule has 2 aromatic carbocycles. The molecule has 2 aromatic rings. The number of sulfonamides is 1. The first kappa shape index (κ1) is 27.4. The predicted octanol–water partition coefficient (Wildman–Crippen LogP) is 7.14.